The maximum absolute atomic E-state index is 11.2. The Labute approximate surface area is 100.0 Å². The SMILES string of the molecule is CC(C)CNC(=O)CNC(=O)NC(C)C(=O)O. The molecular formula is C10H19N3O4. The smallest absolute Gasteiger partial charge is 0.325 e. The number of carboxylic acids is 1. The van der Waals surface area contributed by atoms with E-state index in [-0.39, 0.29) is 12.5 Å². The minimum atomic E-state index is -1.13. The quantitative estimate of drug-likeness (QED) is 0.507. The predicted molar refractivity (Wildman–Crippen MR) is 61.5 cm³/mol. The Morgan fingerprint density at radius 2 is 1.71 bits per heavy atom. The van der Waals surface area contributed by atoms with E-state index in [0.29, 0.717) is 12.5 Å². The van der Waals surface area contributed by atoms with E-state index in [1.54, 1.807) is 0 Å². The molecule has 0 bridgehead atoms. The third-order valence-corrected chi connectivity index (χ3v) is 1.84. The maximum atomic E-state index is 11.2. The molecule has 0 heterocycles. The van der Waals surface area contributed by atoms with Gasteiger partial charge in [0.25, 0.3) is 0 Å². The molecule has 0 aromatic carbocycles. The number of amides is 3. The molecule has 0 saturated heterocycles. The third-order valence-electron chi connectivity index (χ3n) is 1.84. The first kappa shape index (κ1) is 15.2. The average Bonchev–Trinajstić information content (AvgIpc) is 2.23. The fourth-order valence-corrected chi connectivity index (χ4v) is 0.850. The van der Waals surface area contributed by atoms with Gasteiger partial charge >= 0.3 is 12.0 Å². The van der Waals surface area contributed by atoms with Crippen molar-refractivity contribution in [3.8, 4) is 0 Å². The number of nitrogens with one attached hydrogen (secondary N) is 3. The highest BCUT2D eigenvalue weighted by Crippen LogP contribution is 1.86. The van der Waals surface area contributed by atoms with Crippen LogP contribution in [-0.2, 0) is 9.59 Å². The molecule has 0 aromatic heterocycles. The fraction of sp³-hybridized carbons (Fsp3) is 0.700. The summed E-state index contributed by atoms with van der Waals surface area (Å²) in [5, 5.41) is 15.6. The largest absolute Gasteiger partial charge is 0.480 e. The monoisotopic (exact) mass is 245 g/mol. The number of carbonyl (C=O) groups excluding carboxylic acids is 2. The Balaban J connectivity index is 3.77. The number of hydrogen-bond donors (Lipinski definition) is 4. The Morgan fingerprint density at radius 1 is 1.12 bits per heavy atom. The molecule has 0 aliphatic carbocycles. The fourth-order valence-electron chi connectivity index (χ4n) is 0.850. The van der Waals surface area contributed by atoms with Gasteiger partial charge < -0.3 is 21.1 Å². The first-order valence-electron chi connectivity index (χ1n) is 5.36. The van der Waals surface area contributed by atoms with E-state index in [1.165, 1.54) is 6.92 Å². The van der Waals surface area contributed by atoms with Crippen molar-refractivity contribution in [1.29, 1.82) is 0 Å². The topological polar surface area (TPSA) is 108 Å². The van der Waals surface area contributed by atoms with Crippen molar-refractivity contribution in [3.63, 3.8) is 0 Å². The zero-order valence-corrected chi connectivity index (χ0v) is 10.2. The summed E-state index contributed by atoms with van der Waals surface area (Å²) in [7, 11) is 0. The second-order valence-electron chi connectivity index (χ2n) is 4.08. The van der Waals surface area contributed by atoms with Crippen LogP contribution in [0.2, 0.25) is 0 Å². The van der Waals surface area contributed by atoms with Crippen molar-refractivity contribution in [1.82, 2.24) is 16.0 Å². The van der Waals surface area contributed by atoms with Gasteiger partial charge in [-0.05, 0) is 12.8 Å². The van der Waals surface area contributed by atoms with E-state index in [2.05, 4.69) is 16.0 Å². The van der Waals surface area contributed by atoms with Gasteiger partial charge in [-0.1, -0.05) is 13.8 Å². The highest BCUT2D eigenvalue weighted by molar-refractivity contribution is 5.86. The van der Waals surface area contributed by atoms with E-state index in [4.69, 9.17) is 5.11 Å². The Morgan fingerprint density at radius 3 is 2.18 bits per heavy atom. The molecule has 17 heavy (non-hydrogen) atoms. The van der Waals surface area contributed by atoms with Crippen LogP contribution in [0.3, 0.4) is 0 Å². The van der Waals surface area contributed by atoms with E-state index in [0.717, 1.165) is 0 Å². The molecule has 0 radical (unpaired) electrons. The van der Waals surface area contributed by atoms with Crippen molar-refractivity contribution in [2.24, 2.45) is 5.92 Å². The van der Waals surface area contributed by atoms with E-state index in [1.807, 2.05) is 13.8 Å². The minimum absolute atomic E-state index is 0.176. The molecule has 0 aliphatic heterocycles. The highest BCUT2D eigenvalue weighted by Gasteiger charge is 2.13. The van der Waals surface area contributed by atoms with Gasteiger partial charge in [-0.25, -0.2) is 4.79 Å². The van der Waals surface area contributed by atoms with Gasteiger partial charge in [0.05, 0.1) is 6.54 Å². The van der Waals surface area contributed by atoms with Crippen molar-refractivity contribution in [3.05, 3.63) is 0 Å². The summed E-state index contributed by atoms with van der Waals surface area (Å²) in [5.74, 6) is -1.11. The zero-order valence-electron chi connectivity index (χ0n) is 10.2. The molecule has 0 fully saturated rings. The van der Waals surface area contributed by atoms with Crippen LogP contribution in [0.25, 0.3) is 0 Å². The van der Waals surface area contributed by atoms with Crippen LogP contribution >= 0.6 is 0 Å². The molecule has 98 valence electrons. The van der Waals surface area contributed by atoms with Gasteiger partial charge in [0.1, 0.15) is 6.04 Å². The predicted octanol–water partition coefficient (Wildman–Crippen LogP) is -0.469. The Hall–Kier alpha value is -1.79. The molecule has 1 unspecified atom stereocenters. The van der Waals surface area contributed by atoms with Crippen LogP contribution in [0.4, 0.5) is 4.79 Å². The first-order chi connectivity index (χ1) is 7.82. The summed E-state index contributed by atoms with van der Waals surface area (Å²) >= 11 is 0. The van der Waals surface area contributed by atoms with Gasteiger partial charge in [-0.15, -0.1) is 0 Å². The van der Waals surface area contributed by atoms with Crippen molar-refractivity contribution < 1.29 is 19.5 Å². The number of rotatable bonds is 6. The lowest BCUT2D eigenvalue weighted by atomic mass is 10.2. The van der Waals surface area contributed by atoms with Gasteiger partial charge in [-0.2, -0.15) is 0 Å². The second kappa shape index (κ2) is 7.48. The summed E-state index contributed by atoms with van der Waals surface area (Å²) in [5.41, 5.74) is 0. The molecule has 0 spiro atoms. The number of carbonyl (C=O) groups is 3. The summed E-state index contributed by atoms with van der Waals surface area (Å²) in [6.45, 7) is 5.60. The number of aliphatic carboxylic acids is 1. The molecule has 0 aromatic rings. The molecule has 4 N–H and O–H groups in total. The summed E-state index contributed by atoms with van der Waals surface area (Å²) < 4.78 is 0. The zero-order chi connectivity index (χ0) is 13.4. The first-order valence-corrected chi connectivity index (χ1v) is 5.36. The molecule has 3 amide bonds. The summed E-state index contributed by atoms with van der Waals surface area (Å²) in [6.07, 6.45) is 0. The van der Waals surface area contributed by atoms with Gasteiger partial charge in [0, 0.05) is 6.54 Å². The van der Waals surface area contributed by atoms with Gasteiger partial charge in [0.15, 0.2) is 0 Å². The average molecular weight is 245 g/mol. The summed E-state index contributed by atoms with van der Waals surface area (Å²) in [4.78, 5) is 32.8. The summed E-state index contributed by atoms with van der Waals surface area (Å²) in [6, 6.07) is -1.67. The molecule has 0 saturated carbocycles. The normalized spacial score (nSPS) is 11.8. The minimum Gasteiger partial charge on any atom is -0.480 e. The number of urea groups is 1. The molecule has 0 aliphatic rings. The second-order valence-corrected chi connectivity index (χ2v) is 4.08. The lowest BCUT2D eigenvalue weighted by molar-refractivity contribution is -0.138. The van der Waals surface area contributed by atoms with E-state index < -0.39 is 18.0 Å². The third kappa shape index (κ3) is 8.06. The van der Waals surface area contributed by atoms with Crippen molar-refractivity contribution in [2.75, 3.05) is 13.1 Å². The van der Waals surface area contributed by atoms with Crippen LogP contribution in [0.5, 0.6) is 0 Å². The van der Waals surface area contributed by atoms with E-state index in [9.17, 15) is 14.4 Å². The van der Waals surface area contributed by atoms with Crippen LogP contribution in [0, 0.1) is 5.92 Å². The van der Waals surface area contributed by atoms with Crippen LogP contribution in [0.15, 0.2) is 0 Å². The van der Waals surface area contributed by atoms with Crippen molar-refractivity contribution >= 4 is 17.9 Å². The molecule has 7 nitrogen and oxygen atoms in total. The van der Waals surface area contributed by atoms with Gasteiger partial charge in [0.2, 0.25) is 5.91 Å². The van der Waals surface area contributed by atoms with Gasteiger partial charge in [-0.3, -0.25) is 9.59 Å². The lowest BCUT2D eigenvalue weighted by Crippen LogP contribution is -2.47. The Bertz CT molecular complexity index is 291. The van der Waals surface area contributed by atoms with Crippen molar-refractivity contribution in [2.45, 2.75) is 26.8 Å². The molecular weight excluding hydrogens is 226 g/mol. The Kier molecular flexibility index (Phi) is 6.69. The lowest BCUT2D eigenvalue weighted by Gasteiger charge is -2.11. The standard InChI is InChI=1S/C10H19N3O4/c1-6(2)4-11-8(14)5-12-10(17)13-7(3)9(15)16/h6-7H,4-5H2,1-3H3,(H,11,14)(H,15,16)(H2,12,13,17). The molecule has 0 rings (SSSR count). The molecule has 1 atom stereocenters. The highest BCUT2D eigenvalue weighted by atomic mass is 16.4. The number of hydrogen-bond acceptors (Lipinski definition) is 3. The molecule has 7 heteroatoms. The maximum Gasteiger partial charge on any atom is 0.325 e. The number of carboxylic acid groups (broad SMARTS) is 1. The van der Waals surface area contributed by atoms with Crippen LogP contribution in [0.1, 0.15) is 20.8 Å². The van der Waals surface area contributed by atoms with E-state index >= 15 is 0 Å². The van der Waals surface area contributed by atoms with Crippen LogP contribution < -0.4 is 16.0 Å². The van der Waals surface area contributed by atoms with Crippen LogP contribution in [-0.4, -0.2) is 42.1 Å².